The molecule has 0 bridgehead atoms. The molecular formula is C18H22Cl2N2O6P+. The normalized spacial score (nSPS) is 11.1. The monoisotopic (exact) mass is 463 g/mol. The van der Waals surface area contributed by atoms with E-state index >= 15 is 0 Å². The summed E-state index contributed by atoms with van der Waals surface area (Å²) in [5.74, 6) is 0.880. The van der Waals surface area contributed by atoms with Gasteiger partial charge in [0.15, 0.2) is 0 Å². The molecule has 1 atom stereocenters. The van der Waals surface area contributed by atoms with Gasteiger partial charge in [-0.25, -0.2) is 0 Å². The highest BCUT2D eigenvalue weighted by Gasteiger charge is 2.17. The Hall–Kier alpha value is -1.96. The van der Waals surface area contributed by atoms with Crippen LogP contribution in [0.5, 0.6) is 11.5 Å². The second kappa shape index (κ2) is 12.6. The van der Waals surface area contributed by atoms with Gasteiger partial charge in [-0.15, -0.1) is 9.05 Å². The SMILES string of the molecule is CCC(C)Nc1cc(Oc2ccc(Cl)cc2Cl)ccc1[N+](=O)[O-].CO[P+](=O)OC. The Bertz CT molecular complexity index is 847. The first kappa shape index (κ1) is 25.1. The van der Waals surface area contributed by atoms with E-state index in [1.807, 2.05) is 13.8 Å². The lowest BCUT2D eigenvalue weighted by atomic mass is 10.2. The van der Waals surface area contributed by atoms with Gasteiger partial charge in [-0.3, -0.25) is 10.1 Å². The van der Waals surface area contributed by atoms with Crippen LogP contribution in [0.2, 0.25) is 10.0 Å². The zero-order chi connectivity index (χ0) is 22.0. The topological polar surface area (TPSA) is 99.9 Å². The van der Waals surface area contributed by atoms with E-state index in [0.29, 0.717) is 27.2 Å². The van der Waals surface area contributed by atoms with E-state index in [2.05, 4.69) is 14.4 Å². The molecule has 0 aliphatic rings. The largest absolute Gasteiger partial charge is 0.696 e. The number of nitrogens with one attached hydrogen (secondary N) is 1. The lowest BCUT2D eigenvalue weighted by molar-refractivity contribution is -0.384. The first-order valence-electron chi connectivity index (χ1n) is 8.45. The summed E-state index contributed by atoms with van der Waals surface area (Å²) in [5.41, 5.74) is 0.409. The van der Waals surface area contributed by atoms with Gasteiger partial charge in [0, 0.05) is 27.8 Å². The molecule has 2 aromatic carbocycles. The number of anilines is 1. The summed E-state index contributed by atoms with van der Waals surface area (Å²) in [6.07, 6.45) is 0.839. The summed E-state index contributed by atoms with van der Waals surface area (Å²) in [6, 6.07) is 9.51. The van der Waals surface area contributed by atoms with Crippen molar-refractivity contribution in [2.75, 3.05) is 19.5 Å². The predicted octanol–water partition coefficient (Wildman–Crippen LogP) is 6.84. The van der Waals surface area contributed by atoms with Crippen LogP contribution in [-0.2, 0) is 13.6 Å². The Morgan fingerprint density at radius 1 is 1.17 bits per heavy atom. The average Bonchev–Trinajstić information content (AvgIpc) is 2.69. The van der Waals surface area contributed by atoms with Gasteiger partial charge in [0.05, 0.1) is 24.2 Å². The van der Waals surface area contributed by atoms with Crippen LogP contribution in [0.25, 0.3) is 0 Å². The molecule has 0 heterocycles. The van der Waals surface area contributed by atoms with Gasteiger partial charge in [-0.05, 0) is 37.6 Å². The van der Waals surface area contributed by atoms with Crippen LogP contribution in [0.15, 0.2) is 36.4 Å². The number of hydrogen-bond acceptors (Lipinski definition) is 7. The third-order valence-corrected chi connectivity index (χ3v) is 4.73. The number of halogens is 2. The number of ether oxygens (including phenoxy) is 1. The van der Waals surface area contributed by atoms with Gasteiger partial charge in [-0.2, -0.15) is 0 Å². The van der Waals surface area contributed by atoms with Crippen molar-refractivity contribution < 1.29 is 23.3 Å². The average molecular weight is 464 g/mol. The molecule has 158 valence electrons. The van der Waals surface area contributed by atoms with Crippen LogP contribution in [-0.4, -0.2) is 25.2 Å². The maximum absolute atomic E-state index is 11.1. The van der Waals surface area contributed by atoms with Gasteiger partial charge in [0.2, 0.25) is 0 Å². The molecular weight excluding hydrogens is 442 g/mol. The molecule has 2 aromatic rings. The Kier molecular flexibility index (Phi) is 10.9. The van der Waals surface area contributed by atoms with Crippen LogP contribution in [0, 0.1) is 10.1 Å². The standard InChI is InChI=1S/C16H16Cl2N2O3.C2H6O3P/c1-3-10(2)19-14-9-12(5-6-15(14)20(21)22)23-16-7-4-11(17)8-13(16)18;1-4-6(3)5-2/h4-10,19H,3H2,1-2H3;1-2H3/q;+1. The van der Waals surface area contributed by atoms with Crippen molar-refractivity contribution in [2.45, 2.75) is 26.3 Å². The predicted molar refractivity (Wildman–Crippen MR) is 115 cm³/mol. The maximum Gasteiger partial charge on any atom is 0.696 e. The third kappa shape index (κ3) is 8.51. The van der Waals surface area contributed by atoms with Crippen LogP contribution < -0.4 is 10.1 Å². The molecule has 0 spiro atoms. The highest BCUT2D eigenvalue weighted by atomic mass is 35.5. The number of benzene rings is 2. The fourth-order valence-electron chi connectivity index (χ4n) is 1.98. The minimum Gasteiger partial charge on any atom is -0.456 e. The lowest BCUT2D eigenvalue weighted by Crippen LogP contribution is -2.14. The number of nitrogens with zero attached hydrogens (tertiary/aromatic N) is 1. The van der Waals surface area contributed by atoms with Gasteiger partial charge >= 0.3 is 8.25 Å². The minimum absolute atomic E-state index is 0.000136. The van der Waals surface area contributed by atoms with Crippen molar-refractivity contribution in [3.8, 4) is 11.5 Å². The van der Waals surface area contributed by atoms with Gasteiger partial charge < -0.3 is 10.1 Å². The smallest absolute Gasteiger partial charge is 0.456 e. The number of hydrogen-bond donors (Lipinski definition) is 1. The summed E-state index contributed by atoms with van der Waals surface area (Å²) < 4.78 is 24.0. The van der Waals surface area contributed by atoms with Gasteiger partial charge in [0.1, 0.15) is 17.2 Å². The van der Waals surface area contributed by atoms with E-state index in [4.69, 9.17) is 27.9 Å². The van der Waals surface area contributed by atoms with E-state index < -0.39 is 13.2 Å². The molecule has 1 unspecified atom stereocenters. The minimum atomic E-state index is -1.83. The summed E-state index contributed by atoms with van der Waals surface area (Å²) in [6.45, 7) is 3.95. The third-order valence-electron chi connectivity index (χ3n) is 3.60. The van der Waals surface area contributed by atoms with E-state index in [1.54, 1.807) is 24.3 Å². The highest BCUT2D eigenvalue weighted by Crippen LogP contribution is 2.35. The van der Waals surface area contributed by atoms with E-state index in [1.165, 1.54) is 26.4 Å². The second-order valence-electron chi connectivity index (χ2n) is 5.66. The zero-order valence-electron chi connectivity index (χ0n) is 16.3. The van der Waals surface area contributed by atoms with Crippen LogP contribution >= 0.6 is 31.5 Å². The number of nitro groups is 1. The molecule has 0 aromatic heterocycles. The van der Waals surface area contributed by atoms with Crippen molar-refractivity contribution in [3.63, 3.8) is 0 Å². The lowest BCUT2D eigenvalue weighted by Gasteiger charge is -2.15. The summed E-state index contributed by atoms with van der Waals surface area (Å²) in [7, 11) is 0.817. The molecule has 0 aliphatic carbocycles. The number of rotatable bonds is 8. The van der Waals surface area contributed by atoms with Crippen molar-refractivity contribution in [1.29, 1.82) is 0 Å². The molecule has 11 heteroatoms. The van der Waals surface area contributed by atoms with Crippen LogP contribution in [0.4, 0.5) is 11.4 Å². The Labute approximate surface area is 180 Å². The molecule has 0 fully saturated rings. The molecule has 0 saturated carbocycles. The van der Waals surface area contributed by atoms with E-state index in [-0.39, 0.29) is 11.7 Å². The first-order chi connectivity index (χ1) is 13.7. The molecule has 0 aliphatic heterocycles. The fourth-order valence-corrected chi connectivity index (χ4v) is 2.58. The number of nitro benzene ring substituents is 1. The van der Waals surface area contributed by atoms with Crippen molar-refractivity contribution in [1.82, 2.24) is 0 Å². The van der Waals surface area contributed by atoms with Crippen molar-refractivity contribution >= 4 is 42.8 Å². The second-order valence-corrected chi connectivity index (χ2v) is 7.68. The van der Waals surface area contributed by atoms with E-state index in [0.717, 1.165) is 6.42 Å². The van der Waals surface area contributed by atoms with Crippen LogP contribution in [0.3, 0.4) is 0 Å². The highest BCUT2D eigenvalue weighted by molar-refractivity contribution is 7.33. The molecule has 0 saturated heterocycles. The molecule has 0 radical (unpaired) electrons. The Morgan fingerprint density at radius 3 is 2.31 bits per heavy atom. The maximum atomic E-state index is 11.1. The summed E-state index contributed by atoms with van der Waals surface area (Å²) in [5, 5.41) is 15.1. The first-order valence-corrected chi connectivity index (χ1v) is 10.3. The molecule has 0 amide bonds. The van der Waals surface area contributed by atoms with Crippen molar-refractivity contribution in [3.05, 3.63) is 56.6 Å². The summed E-state index contributed by atoms with van der Waals surface area (Å²) in [4.78, 5) is 10.7. The quantitative estimate of drug-likeness (QED) is 0.259. The molecule has 29 heavy (non-hydrogen) atoms. The van der Waals surface area contributed by atoms with Crippen molar-refractivity contribution in [2.24, 2.45) is 0 Å². The zero-order valence-corrected chi connectivity index (χ0v) is 18.8. The molecule has 2 rings (SSSR count). The Balaban J connectivity index is 0.000000612. The molecule has 1 N–H and O–H groups in total. The van der Waals surface area contributed by atoms with E-state index in [9.17, 15) is 14.7 Å². The Morgan fingerprint density at radius 2 is 1.83 bits per heavy atom. The van der Waals surface area contributed by atoms with Crippen LogP contribution in [0.1, 0.15) is 20.3 Å². The fraction of sp³-hybridized carbons (Fsp3) is 0.333. The molecule has 8 nitrogen and oxygen atoms in total. The summed E-state index contributed by atoms with van der Waals surface area (Å²) >= 11 is 11.9. The van der Waals surface area contributed by atoms with Gasteiger partial charge in [0.25, 0.3) is 5.69 Å². The van der Waals surface area contributed by atoms with Gasteiger partial charge in [-0.1, -0.05) is 30.1 Å².